The van der Waals surface area contributed by atoms with Gasteiger partial charge < -0.3 is 15.4 Å². The molecule has 28 heavy (non-hydrogen) atoms. The van der Waals surface area contributed by atoms with Crippen LogP contribution in [0.15, 0.2) is 42.5 Å². The van der Waals surface area contributed by atoms with Crippen LogP contribution in [0.2, 0.25) is 0 Å². The molecule has 1 aliphatic rings. The molecule has 0 atom stereocenters. The third kappa shape index (κ3) is 4.71. The van der Waals surface area contributed by atoms with E-state index in [0.717, 1.165) is 29.7 Å². The molecule has 5 heteroatoms. The van der Waals surface area contributed by atoms with E-state index in [1.165, 1.54) is 0 Å². The highest BCUT2D eigenvalue weighted by atomic mass is 16.5. The minimum Gasteiger partial charge on any atom is -0.495 e. The molecule has 0 spiro atoms. The molecule has 0 saturated heterocycles. The lowest BCUT2D eigenvalue weighted by Gasteiger charge is -2.27. The number of rotatable bonds is 5. The van der Waals surface area contributed by atoms with Crippen LogP contribution in [0.4, 0.5) is 11.4 Å². The Morgan fingerprint density at radius 1 is 0.857 bits per heavy atom. The second-order valence-electron chi connectivity index (χ2n) is 7.55. The van der Waals surface area contributed by atoms with Crippen LogP contribution in [0.25, 0.3) is 0 Å². The molecule has 3 rings (SSSR count). The largest absolute Gasteiger partial charge is 0.495 e. The van der Waals surface area contributed by atoms with Crippen LogP contribution in [0.5, 0.6) is 5.75 Å². The molecule has 2 amide bonds. The van der Waals surface area contributed by atoms with Gasteiger partial charge in [0.1, 0.15) is 5.75 Å². The molecule has 2 aromatic carbocycles. The van der Waals surface area contributed by atoms with Crippen molar-refractivity contribution in [1.29, 1.82) is 0 Å². The Hall–Kier alpha value is -2.82. The lowest BCUT2D eigenvalue weighted by atomic mass is 9.81. The summed E-state index contributed by atoms with van der Waals surface area (Å²) in [6, 6.07) is 13.4. The lowest BCUT2D eigenvalue weighted by molar-refractivity contribution is -0.125. The van der Waals surface area contributed by atoms with E-state index in [1.807, 2.05) is 56.3 Å². The van der Waals surface area contributed by atoms with Gasteiger partial charge in [0.15, 0.2) is 0 Å². The van der Waals surface area contributed by atoms with E-state index < -0.39 is 0 Å². The SMILES string of the molecule is COc1ccccc1NC(=O)C1CCC(C(=O)Nc2cc(C)ccc2C)CC1. The number of hydrogen-bond acceptors (Lipinski definition) is 3. The van der Waals surface area contributed by atoms with Gasteiger partial charge >= 0.3 is 0 Å². The molecule has 148 valence electrons. The molecule has 5 nitrogen and oxygen atoms in total. The van der Waals surface area contributed by atoms with E-state index in [0.29, 0.717) is 24.3 Å². The fraction of sp³-hybridized carbons (Fsp3) is 0.391. The van der Waals surface area contributed by atoms with Crippen molar-refractivity contribution in [3.63, 3.8) is 0 Å². The standard InChI is InChI=1S/C23H28N2O3/c1-15-8-9-16(2)20(14-15)25-23(27)18-12-10-17(11-13-18)22(26)24-19-6-4-5-7-21(19)28-3/h4-9,14,17-18H,10-13H2,1-3H3,(H,24,26)(H,25,27). The summed E-state index contributed by atoms with van der Waals surface area (Å²) in [5.41, 5.74) is 3.74. The van der Waals surface area contributed by atoms with Crippen molar-refractivity contribution >= 4 is 23.2 Å². The van der Waals surface area contributed by atoms with Crippen molar-refractivity contribution in [3.8, 4) is 5.75 Å². The number of carbonyl (C=O) groups is 2. The summed E-state index contributed by atoms with van der Waals surface area (Å²) in [7, 11) is 1.59. The maximum Gasteiger partial charge on any atom is 0.227 e. The highest BCUT2D eigenvalue weighted by Crippen LogP contribution is 2.32. The Morgan fingerprint density at radius 3 is 2.04 bits per heavy atom. The second-order valence-corrected chi connectivity index (χ2v) is 7.55. The van der Waals surface area contributed by atoms with Crippen molar-refractivity contribution in [1.82, 2.24) is 0 Å². The molecule has 0 radical (unpaired) electrons. The van der Waals surface area contributed by atoms with Gasteiger partial charge in [-0.25, -0.2) is 0 Å². The normalized spacial score (nSPS) is 19.0. The Balaban J connectivity index is 1.54. The first-order valence-corrected chi connectivity index (χ1v) is 9.80. The van der Waals surface area contributed by atoms with Gasteiger partial charge in [0.25, 0.3) is 0 Å². The maximum absolute atomic E-state index is 12.7. The first kappa shape index (κ1) is 19.9. The molecule has 2 aromatic rings. The molecule has 0 heterocycles. The van der Waals surface area contributed by atoms with Crippen LogP contribution in [-0.2, 0) is 9.59 Å². The highest BCUT2D eigenvalue weighted by molar-refractivity contribution is 5.95. The van der Waals surface area contributed by atoms with Crippen LogP contribution < -0.4 is 15.4 Å². The van der Waals surface area contributed by atoms with Crippen LogP contribution in [-0.4, -0.2) is 18.9 Å². The summed E-state index contributed by atoms with van der Waals surface area (Å²) < 4.78 is 5.29. The lowest BCUT2D eigenvalue weighted by Crippen LogP contribution is -2.32. The summed E-state index contributed by atoms with van der Waals surface area (Å²) in [6.45, 7) is 4.01. The van der Waals surface area contributed by atoms with Gasteiger partial charge in [0, 0.05) is 17.5 Å². The Morgan fingerprint density at radius 2 is 1.43 bits per heavy atom. The molecule has 1 aliphatic carbocycles. The van der Waals surface area contributed by atoms with Gasteiger partial charge in [-0.2, -0.15) is 0 Å². The average molecular weight is 380 g/mol. The number of benzene rings is 2. The number of nitrogens with one attached hydrogen (secondary N) is 2. The molecule has 0 bridgehead atoms. The quantitative estimate of drug-likeness (QED) is 0.790. The number of anilines is 2. The van der Waals surface area contributed by atoms with Crippen molar-refractivity contribution in [2.75, 3.05) is 17.7 Å². The smallest absolute Gasteiger partial charge is 0.227 e. The molecular formula is C23H28N2O3. The van der Waals surface area contributed by atoms with Crippen molar-refractivity contribution in [2.24, 2.45) is 11.8 Å². The summed E-state index contributed by atoms with van der Waals surface area (Å²) >= 11 is 0. The van der Waals surface area contributed by atoms with Crippen LogP contribution in [0.1, 0.15) is 36.8 Å². The van der Waals surface area contributed by atoms with Crippen molar-refractivity contribution < 1.29 is 14.3 Å². The molecule has 0 aliphatic heterocycles. The molecular weight excluding hydrogens is 352 g/mol. The average Bonchev–Trinajstić information content (AvgIpc) is 2.71. The van der Waals surface area contributed by atoms with E-state index in [9.17, 15) is 9.59 Å². The minimum absolute atomic E-state index is 0.00196. The van der Waals surface area contributed by atoms with Crippen LogP contribution >= 0.6 is 0 Å². The number of methoxy groups -OCH3 is 1. The summed E-state index contributed by atoms with van der Waals surface area (Å²) in [4.78, 5) is 25.3. The first-order chi connectivity index (χ1) is 13.5. The van der Waals surface area contributed by atoms with E-state index in [-0.39, 0.29) is 23.7 Å². The van der Waals surface area contributed by atoms with E-state index in [1.54, 1.807) is 7.11 Å². The summed E-state index contributed by atoms with van der Waals surface area (Å²) in [5, 5.41) is 6.03. The number of aryl methyl sites for hydroxylation is 2. The zero-order chi connectivity index (χ0) is 20.1. The van der Waals surface area contributed by atoms with Crippen LogP contribution in [0, 0.1) is 25.7 Å². The fourth-order valence-corrected chi connectivity index (χ4v) is 3.71. The van der Waals surface area contributed by atoms with Gasteiger partial charge in [0.2, 0.25) is 11.8 Å². The molecule has 1 saturated carbocycles. The number of ether oxygens (including phenoxy) is 1. The maximum atomic E-state index is 12.7. The predicted octanol–water partition coefficient (Wildman–Crippen LogP) is 4.70. The highest BCUT2D eigenvalue weighted by Gasteiger charge is 2.30. The molecule has 0 unspecified atom stereocenters. The van der Waals surface area contributed by atoms with Gasteiger partial charge in [-0.15, -0.1) is 0 Å². The topological polar surface area (TPSA) is 67.4 Å². The molecule has 0 aromatic heterocycles. The van der Waals surface area contributed by atoms with E-state index in [2.05, 4.69) is 10.6 Å². The monoisotopic (exact) mass is 380 g/mol. The Bertz CT molecular complexity index is 855. The Labute approximate surface area is 166 Å². The first-order valence-electron chi connectivity index (χ1n) is 9.80. The zero-order valence-electron chi connectivity index (χ0n) is 16.7. The summed E-state index contributed by atoms with van der Waals surface area (Å²) in [6.07, 6.45) is 2.87. The zero-order valence-corrected chi connectivity index (χ0v) is 16.7. The van der Waals surface area contributed by atoms with Crippen molar-refractivity contribution in [3.05, 3.63) is 53.6 Å². The van der Waals surface area contributed by atoms with Gasteiger partial charge in [-0.3, -0.25) is 9.59 Å². The predicted molar refractivity (Wildman–Crippen MR) is 112 cm³/mol. The van der Waals surface area contributed by atoms with Gasteiger partial charge in [0.05, 0.1) is 12.8 Å². The third-order valence-electron chi connectivity index (χ3n) is 5.48. The number of para-hydroxylation sites is 2. The minimum atomic E-state index is -0.0744. The Kier molecular flexibility index (Phi) is 6.34. The van der Waals surface area contributed by atoms with Gasteiger partial charge in [-0.05, 0) is 68.9 Å². The third-order valence-corrected chi connectivity index (χ3v) is 5.48. The number of amides is 2. The number of carbonyl (C=O) groups excluding carboxylic acids is 2. The summed E-state index contributed by atoms with van der Waals surface area (Å²) in [5.74, 6) is 0.581. The number of hydrogen-bond donors (Lipinski definition) is 2. The molecule has 1 fully saturated rings. The molecule has 2 N–H and O–H groups in total. The van der Waals surface area contributed by atoms with Crippen molar-refractivity contribution in [2.45, 2.75) is 39.5 Å². The fourth-order valence-electron chi connectivity index (χ4n) is 3.71. The van der Waals surface area contributed by atoms with Crippen LogP contribution in [0.3, 0.4) is 0 Å². The second kappa shape index (κ2) is 8.91. The van der Waals surface area contributed by atoms with E-state index in [4.69, 9.17) is 4.74 Å². The van der Waals surface area contributed by atoms with Gasteiger partial charge in [-0.1, -0.05) is 24.3 Å². The van der Waals surface area contributed by atoms with E-state index >= 15 is 0 Å².